The number of aromatic nitrogens is 1. The molecular formula is C17H14F2N2S. The molecule has 0 amide bonds. The van der Waals surface area contributed by atoms with E-state index in [2.05, 4.69) is 16.4 Å². The van der Waals surface area contributed by atoms with Crippen LogP contribution in [0.2, 0.25) is 0 Å². The summed E-state index contributed by atoms with van der Waals surface area (Å²) in [5.74, 6) is -0.960. The second kappa shape index (κ2) is 5.85. The van der Waals surface area contributed by atoms with Crippen LogP contribution in [-0.4, -0.2) is 4.98 Å². The smallest absolute Gasteiger partial charge is 0.187 e. The van der Waals surface area contributed by atoms with Crippen molar-refractivity contribution in [2.24, 2.45) is 0 Å². The van der Waals surface area contributed by atoms with Crippen molar-refractivity contribution in [2.45, 2.75) is 13.8 Å². The highest BCUT2D eigenvalue weighted by molar-refractivity contribution is 7.14. The molecule has 0 saturated heterocycles. The van der Waals surface area contributed by atoms with E-state index in [1.54, 1.807) is 5.38 Å². The van der Waals surface area contributed by atoms with Gasteiger partial charge in [0.25, 0.3) is 0 Å². The molecule has 0 bridgehead atoms. The molecular weight excluding hydrogens is 302 g/mol. The Kier molecular flexibility index (Phi) is 3.90. The molecule has 112 valence electrons. The minimum Gasteiger partial charge on any atom is -0.332 e. The lowest BCUT2D eigenvalue weighted by Crippen LogP contribution is -1.92. The zero-order chi connectivity index (χ0) is 15.7. The lowest BCUT2D eigenvalue weighted by molar-refractivity contribution is 0.603. The number of anilines is 2. The van der Waals surface area contributed by atoms with Crippen LogP contribution in [0.5, 0.6) is 0 Å². The first-order valence-corrected chi connectivity index (χ1v) is 7.65. The van der Waals surface area contributed by atoms with Gasteiger partial charge in [0.05, 0.1) is 5.69 Å². The molecule has 0 spiro atoms. The van der Waals surface area contributed by atoms with Crippen molar-refractivity contribution in [2.75, 3.05) is 5.32 Å². The Balaban J connectivity index is 1.89. The third kappa shape index (κ3) is 3.14. The summed E-state index contributed by atoms with van der Waals surface area (Å²) in [6, 6.07) is 9.47. The average molecular weight is 316 g/mol. The van der Waals surface area contributed by atoms with Crippen LogP contribution < -0.4 is 5.32 Å². The molecule has 5 heteroatoms. The van der Waals surface area contributed by atoms with E-state index in [9.17, 15) is 8.78 Å². The number of rotatable bonds is 3. The second-order valence-electron chi connectivity index (χ2n) is 5.16. The van der Waals surface area contributed by atoms with Gasteiger partial charge in [0, 0.05) is 16.6 Å². The van der Waals surface area contributed by atoms with Gasteiger partial charge in [-0.1, -0.05) is 6.07 Å². The zero-order valence-electron chi connectivity index (χ0n) is 12.2. The van der Waals surface area contributed by atoms with Crippen molar-refractivity contribution < 1.29 is 8.78 Å². The first kappa shape index (κ1) is 14.7. The maximum Gasteiger partial charge on any atom is 0.187 e. The summed E-state index contributed by atoms with van der Waals surface area (Å²) in [5, 5.41) is 5.55. The van der Waals surface area contributed by atoms with Crippen molar-refractivity contribution in [3.05, 3.63) is 64.5 Å². The van der Waals surface area contributed by atoms with Gasteiger partial charge in [0.2, 0.25) is 0 Å². The van der Waals surface area contributed by atoms with Crippen LogP contribution in [0.3, 0.4) is 0 Å². The van der Waals surface area contributed by atoms with Crippen molar-refractivity contribution >= 4 is 22.2 Å². The molecule has 3 aromatic rings. The van der Waals surface area contributed by atoms with E-state index in [0.717, 1.165) is 35.0 Å². The van der Waals surface area contributed by atoms with Crippen LogP contribution in [-0.2, 0) is 0 Å². The van der Waals surface area contributed by atoms with Gasteiger partial charge >= 0.3 is 0 Å². The summed E-state index contributed by atoms with van der Waals surface area (Å²) >= 11 is 1.35. The quantitative estimate of drug-likeness (QED) is 0.695. The normalized spacial score (nSPS) is 10.7. The molecule has 0 fully saturated rings. The molecule has 2 nitrogen and oxygen atoms in total. The van der Waals surface area contributed by atoms with Crippen LogP contribution in [0.1, 0.15) is 11.1 Å². The Morgan fingerprint density at radius 1 is 1.00 bits per heavy atom. The number of nitrogens with one attached hydrogen (secondary N) is 1. The lowest BCUT2D eigenvalue weighted by atomic mass is 10.1. The molecule has 0 unspecified atom stereocenters. The van der Waals surface area contributed by atoms with Crippen LogP contribution in [0.15, 0.2) is 41.8 Å². The minimum absolute atomic E-state index is 0.171. The molecule has 1 aromatic heterocycles. The molecule has 0 aliphatic rings. The van der Waals surface area contributed by atoms with Gasteiger partial charge in [-0.05, 0) is 55.3 Å². The van der Waals surface area contributed by atoms with E-state index in [0.29, 0.717) is 10.8 Å². The third-order valence-electron chi connectivity index (χ3n) is 3.18. The molecule has 0 aliphatic heterocycles. The van der Waals surface area contributed by atoms with E-state index < -0.39 is 11.6 Å². The number of hydrogen-bond donors (Lipinski definition) is 1. The number of benzene rings is 2. The Labute approximate surface area is 131 Å². The summed E-state index contributed by atoms with van der Waals surface area (Å²) in [7, 11) is 0. The van der Waals surface area contributed by atoms with E-state index >= 15 is 0 Å². The first-order chi connectivity index (χ1) is 10.5. The van der Waals surface area contributed by atoms with Crippen molar-refractivity contribution in [1.82, 2.24) is 4.98 Å². The van der Waals surface area contributed by atoms with E-state index in [1.807, 2.05) is 26.0 Å². The number of aryl methyl sites for hydroxylation is 2. The summed E-state index contributed by atoms with van der Waals surface area (Å²) < 4.78 is 27.0. The largest absolute Gasteiger partial charge is 0.332 e. The highest BCUT2D eigenvalue weighted by Gasteiger charge is 2.11. The first-order valence-electron chi connectivity index (χ1n) is 6.77. The predicted octanol–water partition coefficient (Wildman–Crippen LogP) is 5.45. The summed E-state index contributed by atoms with van der Waals surface area (Å²) in [5.41, 5.74) is 3.82. The monoisotopic (exact) mass is 316 g/mol. The highest BCUT2D eigenvalue weighted by Crippen LogP contribution is 2.29. The van der Waals surface area contributed by atoms with Crippen LogP contribution in [0.4, 0.5) is 19.6 Å². The van der Waals surface area contributed by atoms with Crippen LogP contribution >= 0.6 is 11.3 Å². The third-order valence-corrected chi connectivity index (χ3v) is 3.94. The number of thiazole rings is 1. The van der Waals surface area contributed by atoms with Gasteiger partial charge in [-0.15, -0.1) is 11.3 Å². The van der Waals surface area contributed by atoms with Gasteiger partial charge in [0.1, 0.15) is 11.6 Å². The Morgan fingerprint density at radius 3 is 2.45 bits per heavy atom. The number of halogens is 2. The standard InChI is InChI=1S/C17H14F2N2S/c1-10-5-11(2)7-13(6-10)20-17-21-16(9-22-17)14-8-12(18)3-4-15(14)19/h3-9H,1-2H3,(H,20,21). The second-order valence-corrected chi connectivity index (χ2v) is 6.02. The van der Waals surface area contributed by atoms with Gasteiger partial charge in [-0.3, -0.25) is 0 Å². The lowest BCUT2D eigenvalue weighted by Gasteiger charge is -2.05. The fourth-order valence-electron chi connectivity index (χ4n) is 2.32. The Hall–Kier alpha value is -2.27. The SMILES string of the molecule is Cc1cc(C)cc(Nc2nc(-c3cc(F)ccc3F)cs2)c1. The van der Waals surface area contributed by atoms with Crippen molar-refractivity contribution in [1.29, 1.82) is 0 Å². The van der Waals surface area contributed by atoms with E-state index in [1.165, 1.54) is 11.3 Å². The summed E-state index contributed by atoms with van der Waals surface area (Å²) in [6.07, 6.45) is 0. The van der Waals surface area contributed by atoms with Crippen molar-refractivity contribution in [3.63, 3.8) is 0 Å². The highest BCUT2D eigenvalue weighted by atomic mass is 32.1. The number of nitrogens with zero attached hydrogens (tertiary/aromatic N) is 1. The molecule has 0 aliphatic carbocycles. The van der Waals surface area contributed by atoms with Crippen molar-refractivity contribution in [3.8, 4) is 11.3 Å². The fraction of sp³-hybridized carbons (Fsp3) is 0.118. The molecule has 0 radical (unpaired) electrons. The maximum atomic E-state index is 13.8. The maximum absolute atomic E-state index is 13.8. The molecule has 1 N–H and O–H groups in total. The summed E-state index contributed by atoms with van der Waals surface area (Å²) in [4.78, 5) is 4.34. The molecule has 0 saturated carbocycles. The fourth-order valence-corrected chi connectivity index (χ4v) is 3.05. The molecule has 3 rings (SSSR count). The van der Waals surface area contributed by atoms with Gasteiger partial charge in [-0.25, -0.2) is 13.8 Å². The molecule has 22 heavy (non-hydrogen) atoms. The van der Waals surface area contributed by atoms with Gasteiger partial charge in [-0.2, -0.15) is 0 Å². The number of hydrogen-bond acceptors (Lipinski definition) is 3. The minimum atomic E-state index is -0.482. The zero-order valence-corrected chi connectivity index (χ0v) is 13.0. The Bertz CT molecular complexity index is 807. The molecule has 0 atom stereocenters. The predicted molar refractivity (Wildman–Crippen MR) is 86.7 cm³/mol. The topological polar surface area (TPSA) is 24.9 Å². The van der Waals surface area contributed by atoms with Crippen LogP contribution in [0, 0.1) is 25.5 Å². The average Bonchev–Trinajstić information content (AvgIpc) is 2.88. The van der Waals surface area contributed by atoms with Crippen LogP contribution in [0.25, 0.3) is 11.3 Å². The van der Waals surface area contributed by atoms with E-state index in [4.69, 9.17) is 0 Å². The Morgan fingerprint density at radius 2 is 1.73 bits per heavy atom. The molecule has 2 aromatic carbocycles. The summed E-state index contributed by atoms with van der Waals surface area (Å²) in [6.45, 7) is 4.04. The van der Waals surface area contributed by atoms with Gasteiger partial charge in [0.15, 0.2) is 5.13 Å². The molecule has 1 heterocycles. The van der Waals surface area contributed by atoms with E-state index in [-0.39, 0.29) is 5.56 Å². The van der Waals surface area contributed by atoms with Gasteiger partial charge < -0.3 is 5.32 Å².